The van der Waals surface area contributed by atoms with Crippen molar-refractivity contribution in [3.63, 3.8) is 0 Å². The van der Waals surface area contributed by atoms with E-state index in [2.05, 4.69) is 15.0 Å². The molecule has 0 aromatic carbocycles. The number of imidazole rings is 1. The number of amides is 1. The number of aliphatic hydroxyl groups excluding tert-OH is 1. The zero-order chi connectivity index (χ0) is 17.2. The van der Waals surface area contributed by atoms with E-state index < -0.39 is 0 Å². The lowest BCUT2D eigenvalue weighted by atomic mass is 9.77. The molecule has 7 nitrogen and oxygen atoms in total. The van der Waals surface area contributed by atoms with E-state index in [-0.39, 0.29) is 18.1 Å². The molecule has 0 radical (unpaired) electrons. The molecule has 0 spiro atoms. The highest BCUT2D eigenvalue weighted by molar-refractivity contribution is 5.76. The van der Waals surface area contributed by atoms with Crippen molar-refractivity contribution in [3.05, 3.63) is 43.0 Å². The number of aryl methyl sites for hydroxylation is 1. The second-order valence-electron chi connectivity index (χ2n) is 7.13. The predicted octanol–water partition coefficient (Wildman–Crippen LogP) is 1.08. The van der Waals surface area contributed by atoms with Crippen LogP contribution in [0.3, 0.4) is 0 Å². The summed E-state index contributed by atoms with van der Waals surface area (Å²) >= 11 is 0. The van der Waals surface area contributed by atoms with Crippen LogP contribution in [0.25, 0.3) is 0 Å². The lowest BCUT2D eigenvalue weighted by Gasteiger charge is -2.35. The Morgan fingerprint density at radius 3 is 2.72 bits per heavy atom. The van der Waals surface area contributed by atoms with Crippen LogP contribution in [0.1, 0.15) is 31.0 Å². The Morgan fingerprint density at radius 2 is 2.00 bits per heavy atom. The van der Waals surface area contributed by atoms with E-state index in [9.17, 15) is 9.90 Å². The van der Waals surface area contributed by atoms with Crippen LogP contribution in [-0.2, 0) is 11.2 Å². The summed E-state index contributed by atoms with van der Waals surface area (Å²) in [7, 11) is 0. The molecule has 4 rings (SSSR count). The van der Waals surface area contributed by atoms with Gasteiger partial charge < -0.3 is 14.6 Å². The Hall–Kier alpha value is -2.28. The van der Waals surface area contributed by atoms with Gasteiger partial charge in [-0.3, -0.25) is 14.8 Å². The number of carbonyl (C=O) groups is 1. The molecular formula is C18H23N5O2. The number of carbonyl (C=O) groups excluding carboxylic acids is 1. The van der Waals surface area contributed by atoms with Crippen molar-refractivity contribution in [1.82, 2.24) is 24.4 Å². The first-order chi connectivity index (χ1) is 12.2. The number of nitrogens with zero attached hydrogens (tertiary/aromatic N) is 5. The zero-order valence-electron chi connectivity index (χ0n) is 14.1. The summed E-state index contributed by atoms with van der Waals surface area (Å²) in [5, 5.41) is 10.5. The molecule has 4 atom stereocenters. The summed E-state index contributed by atoms with van der Waals surface area (Å²) in [6.07, 6.45) is 12.8. The fourth-order valence-electron chi connectivity index (χ4n) is 4.25. The number of rotatable bonds is 4. The monoisotopic (exact) mass is 341 g/mol. The van der Waals surface area contributed by atoms with Crippen LogP contribution in [0.4, 0.5) is 0 Å². The Balaban J connectivity index is 1.35. The lowest BCUT2D eigenvalue weighted by Crippen LogP contribution is -2.35. The predicted molar refractivity (Wildman–Crippen MR) is 90.4 cm³/mol. The van der Waals surface area contributed by atoms with Gasteiger partial charge in [0, 0.05) is 50.5 Å². The van der Waals surface area contributed by atoms with Crippen LogP contribution in [0.2, 0.25) is 0 Å². The fourth-order valence-corrected chi connectivity index (χ4v) is 4.25. The Kier molecular flexibility index (Phi) is 4.48. The van der Waals surface area contributed by atoms with Crippen LogP contribution < -0.4 is 0 Å². The number of aromatic nitrogens is 4. The van der Waals surface area contributed by atoms with Gasteiger partial charge in [-0.2, -0.15) is 0 Å². The van der Waals surface area contributed by atoms with Gasteiger partial charge in [-0.15, -0.1) is 0 Å². The van der Waals surface area contributed by atoms with E-state index in [1.54, 1.807) is 31.1 Å². The summed E-state index contributed by atoms with van der Waals surface area (Å²) < 4.78 is 2.00. The second kappa shape index (κ2) is 6.92. The molecule has 132 valence electrons. The minimum Gasteiger partial charge on any atom is -0.391 e. The molecule has 1 amide bonds. The average molecular weight is 341 g/mol. The van der Waals surface area contributed by atoms with Crippen LogP contribution in [0.5, 0.6) is 0 Å². The number of hydrogen-bond donors (Lipinski definition) is 1. The molecule has 1 saturated heterocycles. The molecule has 2 fully saturated rings. The first-order valence-electron chi connectivity index (χ1n) is 8.89. The summed E-state index contributed by atoms with van der Waals surface area (Å²) in [6.45, 7) is 1.56. The quantitative estimate of drug-likeness (QED) is 0.899. The summed E-state index contributed by atoms with van der Waals surface area (Å²) in [5.41, 5.74) is 0.850. The van der Waals surface area contributed by atoms with Crippen molar-refractivity contribution in [1.29, 1.82) is 0 Å². The molecule has 0 bridgehead atoms. The van der Waals surface area contributed by atoms with Gasteiger partial charge in [-0.25, -0.2) is 4.98 Å². The summed E-state index contributed by atoms with van der Waals surface area (Å²) in [6, 6.07) is 0.0680. The smallest absolute Gasteiger partial charge is 0.222 e. The third-order valence-corrected chi connectivity index (χ3v) is 5.58. The number of hydrogen-bond acceptors (Lipinski definition) is 5. The Labute approximate surface area is 146 Å². The molecule has 25 heavy (non-hydrogen) atoms. The molecule has 7 heteroatoms. The van der Waals surface area contributed by atoms with E-state index in [0.29, 0.717) is 24.7 Å². The number of fused-ring (bicyclic) bond motifs is 1. The van der Waals surface area contributed by atoms with E-state index in [0.717, 1.165) is 31.6 Å². The maximum absolute atomic E-state index is 12.6. The van der Waals surface area contributed by atoms with Gasteiger partial charge in [0.15, 0.2) is 0 Å². The van der Waals surface area contributed by atoms with Gasteiger partial charge in [0.05, 0.1) is 24.2 Å². The number of aliphatic hydroxyl groups is 1. The first kappa shape index (κ1) is 16.2. The van der Waals surface area contributed by atoms with Gasteiger partial charge in [0.1, 0.15) is 0 Å². The second-order valence-corrected chi connectivity index (χ2v) is 7.13. The summed E-state index contributed by atoms with van der Waals surface area (Å²) in [5.74, 6) is 1.03. The number of likely N-dealkylation sites (tertiary alicyclic amines) is 1. The summed E-state index contributed by atoms with van der Waals surface area (Å²) in [4.78, 5) is 26.9. The molecule has 1 aliphatic carbocycles. The van der Waals surface area contributed by atoms with Crippen molar-refractivity contribution in [2.24, 2.45) is 11.8 Å². The molecule has 1 aliphatic heterocycles. The molecule has 2 aromatic rings. The highest BCUT2D eigenvalue weighted by Crippen LogP contribution is 2.41. The van der Waals surface area contributed by atoms with Crippen LogP contribution in [0, 0.1) is 11.8 Å². The standard InChI is InChI=1S/C18H23N5O2/c24-17-8-14-11-23(18(25)2-1-15-9-19-3-4-21-15)10-13(14)7-16(17)22-6-5-20-12-22/h3-6,9,12-14,16-17,24H,1-2,7-8,10-11H2/t13-,14+,16-,17-/m1/s1. The van der Waals surface area contributed by atoms with Crippen molar-refractivity contribution >= 4 is 5.91 Å². The highest BCUT2D eigenvalue weighted by Gasteiger charge is 2.43. The van der Waals surface area contributed by atoms with Gasteiger partial charge in [0.25, 0.3) is 0 Å². The SMILES string of the molecule is O=C(CCc1cnccn1)N1C[C@H]2C[C@@H](n3ccnc3)[C@H](O)C[C@H]2C1. The minimum atomic E-state index is -0.370. The molecule has 0 unspecified atom stereocenters. The lowest BCUT2D eigenvalue weighted by molar-refractivity contribution is -0.130. The molecule has 2 aliphatic rings. The van der Waals surface area contributed by atoms with Gasteiger partial charge in [-0.1, -0.05) is 0 Å². The molecule has 3 heterocycles. The van der Waals surface area contributed by atoms with Crippen LogP contribution in [-0.4, -0.2) is 54.6 Å². The largest absolute Gasteiger partial charge is 0.391 e. The van der Waals surface area contributed by atoms with Gasteiger partial charge in [-0.05, 0) is 31.1 Å². The van der Waals surface area contributed by atoms with Crippen LogP contribution >= 0.6 is 0 Å². The maximum Gasteiger partial charge on any atom is 0.222 e. The fraction of sp³-hybridized carbons (Fsp3) is 0.556. The Bertz CT molecular complexity index is 706. The van der Waals surface area contributed by atoms with E-state index in [1.165, 1.54) is 0 Å². The minimum absolute atomic E-state index is 0.0680. The third kappa shape index (κ3) is 3.42. The highest BCUT2D eigenvalue weighted by atomic mass is 16.3. The Morgan fingerprint density at radius 1 is 1.16 bits per heavy atom. The van der Waals surface area contributed by atoms with Crippen LogP contribution in [0.15, 0.2) is 37.3 Å². The van der Waals surface area contributed by atoms with E-state index in [4.69, 9.17) is 0 Å². The first-order valence-corrected chi connectivity index (χ1v) is 8.89. The normalized spacial score (nSPS) is 28.8. The topological polar surface area (TPSA) is 84.1 Å². The maximum atomic E-state index is 12.6. The third-order valence-electron chi connectivity index (χ3n) is 5.58. The van der Waals surface area contributed by atoms with Crippen molar-refractivity contribution < 1.29 is 9.90 Å². The molecule has 1 N–H and O–H groups in total. The molecule has 1 saturated carbocycles. The van der Waals surface area contributed by atoms with Crippen molar-refractivity contribution in [2.75, 3.05) is 13.1 Å². The van der Waals surface area contributed by atoms with Gasteiger partial charge in [0.2, 0.25) is 5.91 Å². The average Bonchev–Trinajstić information content (AvgIpc) is 3.29. The van der Waals surface area contributed by atoms with E-state index >= 15 is 0 Å². The van der Waals surface area contributed by atoms with Crippen molar-refractivity contribution in [2.45, 2.75) is 37.8 Å². The van der Waals surface area contributed by atoms with Gasteiger partial charge >= 0.3 is 0 Å². The molecule has 2 aromatic heterocycles. The zero-order valence-corrected chi connectivity index (χ0v) is 14.1. The molecular weight excluding hydrogens is 318 g/mol. The van der Waals surface area contributed by atoms with E-state index in [1.807, 2.05) is 15.7 Å². The van der Waals surface area contributed by atoms with Crippen molar-refractivity contribution in [3.8, 4) is 0 Å².